The smallest absolute Gasteiger partial charge is 0.253 e. The molecule has 112 valence electrons. The number of hydrogen-bond donors (Lipinski definition) is 1. The van der Waals surface area contributed by atoms with Crippen LogP contribution in [-0.4, -0.2) is 18.9 Å². The van der Waals surface area contributed by atoms with Gasteiger partial charge in [0, 0.05) is 19.3 Å². The molecule has 2 aromatic carbocycles. The van der Waals surface area contributed by atoms with Gasteiger partial charge in [-0.3, -0.25) is 9.59 Å². The molecule has 2 aromatic rings. The van der Waals surface area contributed by atoms with Crippen LogP contribution in [0.2, 0.25) is 5.02 Å². The van der Waals surface area contributed by atoms with Gasteiger partial charge < -0.3 is 10.2 Å². The average Bonchev–Trinajstić information content (AvgIpc) is 2.80. The van der Waals surface area contributed by atoms with Crippen LogP contribution >= 0.6 is 11.6 Å². The second-order valence-electron chi connectivity index (χ2n) is 5.26. The number of hydrogen-bond acceptors (Lipinski definition) is 2. The molecule has 0 aromatic heterocycles. The van der Waals surface area contributed by atoms with Crippen molar-refractivity contribution in [2.24, 2.45) is 0 Å². The van der Waals surface area contributed by atoms with Crippen LogP contribution in [0.15, 0.2) is 42.5 Å². The fourth-order valence-corrected chi connectivity index (χ4v) is 2.78. The quantitative estimate of drug-likeness (QED) is 0.947. The van der Waals surface area contributed by atoms with Gasteiger partial charge in [0.15, 0.2) is 0 Å². The minimum absolute atomic E-state index is 0.0900. The number of nitrogens with one attached hydrogen (secondary N) is 1. The van der Waals surface area contributed by atoms with E-state index < -0.39 is 0 Å². The molecular weight excluding hydrogens is 300 g/mol. The molecule has 0 spiro atoms. The van der Waals surface area contributed by atoms with Crippen LogP contribution in [0.25, 0.3) is 0 Å². The lowest BCUT2D eigenvalue weighted by Gasteiger charge is -2.11. The van der Waals surface area contributed by atoms with Crippen molar-refractivity contribution >= 4 is 29.1 Å². The summed E-state index contributed by atoms with van der Waals surface area (Å²) in [6, 6.07) is 12.7. The normalized spacial score (nSPS) is 13.2. The molecule has 22 heavy (non-hydrogen) atoms. The summed E-state index contributed by atoms with van der Waals surface area (Å²) >= 11 is 6.01. The molecule has 2 amide bonds. The topological polar surface area (TPSA) is 49.4 Å². The van der Waals surface area contributed by atoms with Gasteiger partial charge >= 0.3 is 0 Å². The van der Waals surface area contributed by atoms with Crippen molar-refractivity contribution in [1.82, 2.24) is 5.32 Å². The summed E-state index contributed by atoms with van der Waals surface area (Å²) < 4.78 is 0. The number of rotatable bonds is 3. The van der Waals surface area contributed by atoms with Crippen LogP contribution in [0, 0.1) is 0 Å². The Labute approximate surface area is 133 Å². The molecule has 1 aliphatic heterocycles. The monoisotopic (exact) mass is 314 g/mol. The molecule has 0 saturated carbocycles. The first-order valence-corrected chi connectivity index (χ1v) is 7.35. The Morgan fingerprint density at radius 3 is 2.82 bits per heavy atom. The lowest BCUT2D eigenvalue weighted by molar-refractivity contribution is -0.117. The lowest BCUT2D eigenvalue weighted by atomic mass is 10.1. The van der Waals surface area contributed by atoms with Gasteiger partial charge in [-0.1, -0.05) is 35.9 Å². The third-order valence-electron chi connectivity index (χ3n) is 3.79. The Balaban J connectivity index is 1.71. The summed E-state index contributed by atoms with van der Waals surface area (Å²) in [4.78, 5) is 25.4. The molecule has 0 atom stereocenters. The lowest BCUT2D eigenvalue weighted by Crippen LogP contribution is -2.23. The van der Waals surface area contributed by atoms with Crippen molar-refractivity contribution in [2.45, 2.75) is 13.0 Å². The van der Waals surface area contributed by atoms with Crippen LogP contribution in [0.5, 0.6) is 0 Å². The zero-order valence-electron chi connectivity index (χ0n) is 12.1. The van der Waals surface area contributed by atoms with Crippen molar-refractivity contribution in [1.29, 1.82) is 0 Å². The first kappa shape index (κ1) is 14.6. The van der Waals surface area contributed by atoms with E-state index in [9.17, 15) is 9.59 Å². The summed E-state index contributed by atoms with van der Waals surface area (Å²) in [5, 5.41) is 3.28. The summed E-state index contributed by atoms with van der Waals surface area (Å²) in [5.41, 5.74) is 3.35. The summed E-state index contributed by atoms with van der Waals surface area (Å²) in [6.45, 7) is 0.398. The third-order valence-corrected chi connectivity index (χ3v) is 4.12. The molecular formula is C17H15ClN2O2. The summed E-state index contributed by atoms with van der Waals surface area (Å²) in [5.74, 6) is -0.119. The number of anilines is 1. The fraction of sp³-hybridized carbons (Fsp3) is 0.176. The molecule has 5 heteroatoms. The zero-order chi connectivity index (χ0) is 15.7. The average molecular weight is 315 g/mol. The summed E-state index contributed by atoms with van der Waals surface area (Å²) in [7, 11) is 1.77. The second-order valence-corrected chi connectivity index (χ2v) is 5.66. The molecule has 0 saturated heterocycles. The highest BCUT2D eigenvalue weighted by Gasteiger charge is 2.23. The van der Waals surface area contributed by atoms with Crippen molar-refractivity contribution in [3.8, 4) is 0 Å². The molecule has 1 heterocycles. The minimum Gasteiger partial charge on any atom is -0.348 e. The number of amides is 2. The first-order chi connectivity index (χ1) is 10.6. The SMILES string of the molecule is CN1C(=O)Cc2cc(CNC(=O)c3ccccc3Cl)ccc21. The number of carbonyl (C=O) groups excluding carboxylic acids is 2. The second kappa shape index (κ2) is 5.81. The van der Waals surface area contributed by atoms with Gasteiger partial charge in [-0.25, -0.2) is 0 Å². The van der Waals surface area contributed by atoms with Gasteiger partial charge in [-0.15, -0.1) is 0 Å². The van der Waals surface area contributed by atoms with E-state index in [0.717, 1.165) is 16.8 Å². The van der Waals surface area contributed by atoms with Gasteiger partial charge in [0.1, 0.15) is 0 Å². The molecule has 1 N–H and O–H groups in total. The maximum atomic E-state index is 12.1. The molecule has 0 aliphatic carbocycles. The number of halogens is 1. The van der Waals surface area contributed by atoms with Gasteiger partial charge in [0.05, 0.1) is 17.0 Å². The Kier molecular flexibility index (Phi) is 3.86. The predicted octanol–water partition coefficient (Wildman–Crippen LogP) is 2.79. The molecule has 0 bridgehead atoms. The van der Waals surface area contributed by atoms with E-state index in [-0.39, 0.29) is 11.8 Å². The first-order valence-electron chi connectivity index (χ1n) is 6.97. The highest BCUT2D eigenvalue weighted by Crippen LogP contribution is 2.28. The van der Waals surface area contributed by atoms with Gasteiger partial charge in [0.2, 0.25) is 5.91 Å². The Bertz CT molecular complexity index is 758. The Morgan fingerprint density at radius 2 is 2.05 bits per heavy atom. The largest absolute Gasteiger partial charge is 0.348 e. The van der Waals surface area contributed by atoms with Crippen LogP contribution < -0.4 is 10.2 Å². The van der Waals surface area contributed by atoms with E-state index in [0.29, 0.717) is 23.6 Å². The molecule has 0 unspecified atom stereocenters. The van der Waals surface area contributed by atoms with Crippen LogP contribution in [0.3, 0.4) is 0 Å². The van der Waals surface area contributed by atoms with Crippen molar-refractivity contribution < 1.29 is 9.59 Å². The maximum Gasteiger partial charge on any atom is 0.253 e. The van der Waals surface area contributed by atoms with Crippen LogP contribution in [0.4, 0.5) is 5.69 Å². The molecule has 0 fully saturated rings. The Morgan fingerprint density at radius 1 is 1.27 bits per heavy atom. The third kappa shape index (κ3) is 2.70. The van der Waals surface area contributed by atoms with E-state index in [1.54, 1.807) is 36.2 Å². The van der Waals surface area contributed by atoms with Crippen LogP contribution in [-0.2, 0) is 17.8 Å². The Hall–Kier alpha value is -2.33. The molecule has 0 radical (unpaired) electrons. The fourth-order valence-electron chi connectivity index (χ4n) is 2.56. The van der Waals surface area contributed by atoms with Gasteiger partial charge in [-0.05, 0) is 29.3 Å². The van der Waals surface area contributed by atoms with Crippen molar-refractivity contribution in [2.75, 3.05) is 11.9 Å². The number of nitrogens with zero attached hydrogens (tertiary/aromatic N) is 1. The molecule has 4 nitrogen and oxygen atoms in total. The van der Waals surface area contributed by atoms with E-state index in [2.05, 4.69) is 5.32 Å². The maximum absolute atomic E-state index is 12.1. The van der Waals surface area contributed by atoms with Crippen molar-refractivity contribution in [3.63, 3.8) is 0 Å². The van der Waals surface area contributed by atoms with E-state index >= 15 is 0 Å². The molecule has 3 rings (SSSR count). The standard InChI is InChI=1S/C17H15ClN2O2/c1-20-15-7-6-11(8-12(15)9-16(20)21)10-19-17(22)13-4-2-3-5-14(13)18/h2-8H,9-10H2,1H3,(H,19,22). The number of likely N-dealkylation sites (N-methyl/N-ethyl adjacent to an activating group) is 1. The van der Waals surface area contributed by atoms with E-state index in [1.165, 1.54) is 0 Å². The summed E-state index contributed by atoms with van der Waals surface area (Å²) in [6.07, 6.45) is 0.415. The minimum atomic E-state index is -0.209. The van der Waals surface area contributed by atoms with Crippen LogP contribution in [0.1, 0.15) is 21.5 Å². The highest BCUT2D eigenvalue weighted by molar-refractivity contribution is 6.33. The van der Waals surface area contributed by atoms with Crippen molar-refractivity contribution in [3.05, 3.63) is 64.2 Å². The molecule has 1 aliphatic rings. The number of carbonyl (C=O) groups is 2. The number of fused-ring (bicyclic) bond motifs is 1. The van der Waals surface area contributed by atoms with E-state index in [4.69, 9.17) is 11.6 Å². The number of benzene rings is 2. The van der Waals surface area contributed by atoms with Gasteiger partial charge in [-0.2, -0.15) is 0 Å². The zero-order valence-corrected chi connectivity index (χ0v) is 12.9. The highest BCUT2D eigenvalue weighted by atomic mass is 35.5. The van der Waals surface area contributed by atoms with E-state index in [1.807, 2.05) is 18.2 Å². The van der Waals surface area contributed by atoms with Gasteiger partial charge in [0.25, 0.3) is 5.91 Å². The predicted molar refractivity (Wildman–Crippen MR) is 86.2 cm³/mol.